The molecule has 6 heteroatoms. The van der Waals surface area contributed by atoms with Crippen LogP contribution in [0.4, 0.5) is 5.69 Å². The molecule has 0 aliphatic carbocycles. The maximum absolute atomic E-state index is 12.8. The fourth-order valence-corrected chi connectivity index (χ4v) is 3.20. The van der Waals surface area contributed by atoms with E-state index in [0.717, 1.165) is 11.4 Å². The van der Waals surface area contributed by atoms with Crippen LogP contribution in [0, 0.1) is 6.92 Å². The SMILES string of the molecule is Cc1nccn1Cc1ccc(C(=O)Nc2cc(Cl)ccc2Oc2ccccc2)cc1. The first-order valence-corrected chi connectivity index (χ1v) is 9.87. The second-order valence-electron chi connectivity index (χ2n) is 6.81. The molecule has 0 fully saturated rings. The van der Waals surface area contributed by atoms with Gasteiger partial charge in [0.05, 0.1) is 5.69 Å². The molecule has 5 nitrogen and oxygen atoms in total. The summed E-state index contributed by atoms with van der Waals surface area (Å²) < 4.78 is 7.96. The van der Waals surface area contributed by atoms with Gasteiger partial charge in [-0.05, 0) is 55.0 Å². The van der Waals surface area contributed by atoms with E-state index < -0.39 is 0 Å². The van der Waals surface area contributed by atoms with Gasteiger partial charge >= 0.3 is 0 Å². The number of hydrogen-bond acceptors (Lipinski definition) is 3. The van der Waals surface area contributed by atoms with Gasteiger partial charge in [0.25, 0.3) is 5.91 Å². The topological polar surface area (TPSA) is 56.2 Å². The molecule has 1 heterocycles. The summed E-state index contributed by atoms with van der Waals surface area (Å²) in [5.41, 5.74) is 2.14. The van der Waals surface area contributed by atoms with Crippen molar-refractivity contribution in [2.24, 2.45) is 0 Å². The average molecular weight is 418 g/mol. The van der Waals surface area contributed by atoms with Crippen LogP contribution in [0.1, 0.15) is 21.7 Å². The lowest BCUT2D eigenvalue weighted by Gasteiger charge is -2.13. The van der Waals surface area contributed by atoms with Gasteiger partial charge in [-0.3, -0.25) is 4.79 Å². The van der Waals surface area contributed by atoms with Crippen molar-refractivity contribution in [3.63, 3.8) is 0 Å². The molecule has 3 aromatic carbocycles. The normalized spacial score (nSPS) is 10.6. The molecule has 0 atom stereocenters. The summed E-state index contributed by atoms with van der Waals surface area (Å²) in [7, 11) is 0. The Labute approximate surface area is 179 Å². The first kappa shape index (κ1) is 19.7. The van der Waals surface area contributed by atoms with Crippen LogP contribution in [0.3, 0.4) is 0 Å². The minimum absolute atomic E-state index is 0.236. The second kappa shape index (κ2) is 8.84. The van der Waals surface area contributed by atoms with E-state index >= 15 is 0 Å². The van der Waals surface area contributed by atoms with Crippen molar-refractivity contribution in [1.82, 2.24) is 9.55 Å². The molecule has 0 aliphatic heterocycles. The lowest BCUT2D eigenvalue weighted by atomic mass is 10.1. The zero-order chi connectivity index (χ0) is 20.9. The maximum atomic E-state index is 12.8. The Balaban J connectivity index is 1.49. The molecule has 4 rings (SSSR count). The van der Waals surface area contributed by atoms with E-state index in [1.165, 1.54) is 0 Å². The van der Waals surface area contributed by atoms with Crippen molar-refractivity contribution in [1.29, 1.82) is 0 Å². The molecule has 150 valence electrons. The number of carbonyl (C=O) groups is 1. The number of ether oxygens (including phenoxy) is 1. The standard InChI is InChI=1S/C24H20ClN3O2/c1-17-26-13-14-28(17)16-18-7-9-19(10-8-18)24(29)27-22-15-20(25)11-12-23(22)30-21-5-3-2-4-6-21/h2-15H,16H2,1H3,(H,27,29). The van der Waals surface area contributed by atoms with Crippen LogP contribution in [0.2, 0.25) is 5.02 Å². The number of anilines is 1. The molecule has 0 unspecified atom stereocenters. The van der Waals surface area contributed by atoms with Crippen molar-refractivity contribution < 1.29 is 9.53 Å². The number of para-hydroxylation sites is 1. The Hall–Kier alpha value is -3.57. The first-order valence-electron chi connectivity index (χ1n) is 9.49. The van der Waals surface area contributed by atoms with Crippen LogP contribution in [-0.2, 0) is 6.54 Å². The van der Waals surface area contributed by atoms with Crippen LogP contribution in [0.15, 0.2) is 85.2 Å². The lowest BCUT2D eigenvalue weighted by Crippen LogP contribution is -2.12. The van der Waals surface area contributed by atoms with Crippen LogP contribution < -0.4 is 10.1 Å². The van der Waals surface area contributed by atoms with E-state index in [4.69, 9.17) is 16.3 Å². The van der Waals surface area contributed by atoms with Gasteiger partial charge in [-0.15, -0.1) is 0 Å². The number of benzene rings is 3. The van der Waals surface area contributed by atoms with Crippen molar-refractivity contribution in [3.05, 3.63) is 107 Å². The van der Waals surface area contributed by atoms with Gasteiger partial charge < -0.3 is 14.6 Å². The minimum atomic E-state index is -0.236. The number of amides is 1. The minimum Gasteiger partial charge on any atom is -0.455 e. The molecule has 0 saturated heterocycles. The fourth-order valence-electron chi connectivity index (χ4n) is 3.03. The van der Waals surface area contributed by atoms with Gasteiger partial charge in [-0.2, -0.15) is 0 Å². The molecule has 1 amide bonds. The number of nitrogens with zero attached hydrogens (tertiary/aromatic N) is 2. The maximum Gasteiger partial charge on any atom is 0.255 e. The Kier molecular flexibility index (Phi) is 5.82. The van der Waals surface area contributed by atoms with E-state index in [9.17, 15) is 4.79 Å². The molecule has 1 N–H and O–H groups in total. The third kappa shape index (κ3) is 4.70. The molecular weight excluding hydrogens is 398 g/mol. The van der Waals surface area contributed by atoms with E-state index in [1.807, 2.05) is 60.2 Å². The van der Waals surface area contributed by atoms with Gasteiger partial charge in [0.2, 0.25) is 0 Å². The van der Waals surface area contributed by atoms with Gasteiger partial charge in [0, 0.05) is 29.5 Å². The van der Waals surface area contributed by atoms with Gasteiger partial charge in [-0.1, -0.05) is 41.9 Å². The van der Waals surface area contributed by atoms with E-state index in [2.05, 4.69) is 10.3 Å². The summed E-state index contributed by atoms with van der Waals surface area (Å²) >= 11 is 6.14. The summed E-state index contributed by atoms with van der Waals surface area (Å²) in [6.07, 6.45) is 3.71. The lowest BCUT2D eigenvalue weighted by molar-refractivity contribution is 0.102. The summed E-state index contributed by atoms with van der Waals surface area (Å²) in [6, 6.07) is 22.0. The number of nitrogens with one attached hydrogen (secondary N) is 1. The highest BCUT2D eigenvalue weighted by molar-refractivity contribution is 6.31. The van der Waals surface area contributed by atoms with Crippen LogP contribution in [0.25, 0.3) is 0 Å². The third-order valence-electron chi connectivity index (χ3n) is 4.65. The number of hydrogen-bond donors (Lipinski definition) is 1. The summed E-state index contributed by atoms with van der Waals surface area (Å²) in [5, 5.41) is 3.41. The predicted octanol–water partition coefficient (Wildman–Crippen LogP) is 5.94. The molecular formula is C24H20ClN3O2. The van der Waals surface area contributed by atoms with E-state index in [-0.39, 0.29) is 5.91 Å². The van der Waals surface area contributed by atoms with Crippen molar-refractivity contribution >= 4 is 23.2 Å². The molecule has 0 radical (unpaired) electrons. The Bertz CT molecular complexity index is 1150. The zero-order valence-corrected chi connectivity index (χ0v) is 17.1. The van der Waals surface area contributed by atoms with Gasteiger partial charge in [0.1, 0.15) is 11.6 Å². The summed E-state index contributed by atoms with van der Waals surface area (Å²) in [6.45, 7) is 2.67. The monoisotopic (exact) mass is 417 g/mol. The Morgan fingerprint density at radius 3 is 2.53 bits per heavy atom. The molecule has 0 bridgehead atoms. The smallest absolute Gasteiger partial charge is 0.255 e. The number of aryl methyl sites for hydroxylation is 1. The number of aromatic nitrogens is 2. The average Bonchev–Trinajstić information content (AvgIpc) is 3.15. The molecule has 0 saturated carbocycles. The van der Waals surface area contributed by atoms with Gasteiger partial charge in [-0.25, -0.2) is 4.98 Å². The molecule has 0 spiro atoms. The van der Waals surface area contributed by atoms with Crippen LogP contribution in [0.5, 0.6) is 11.5 Å². The van der Waals surface area contributed by atoms with Crippen molar-refractivity contribution in [3.8, 4) is 11.5 Å². The first-order chi connectivity index (χ1) is 14.6. The third-order valence-corrected chi connectivity index (χ3v) is 4.89. The summed E-state index contributed by atoms with van der Waals surface area (Å²) in [4.78, 5) is 17.0. The van der Waals surface area contributed by atoms with Crippen LogP contribution >= 0.6 is 11.6 Å². The Morgan fingerprint density at radius 1 is 1.07 bits per heavy atom. The highest BCUT2D eigenvalue weighted by atomic mass is 35.5. The van der Waals surface area contributed by atoms with E-state index in [1.54, 1.807) is 36.5 Å². The van der Waals surface area contributed by atoms with Crippen molar-refractivity contribution in [2.45, 2.75) is 13.5 Å². The zero-order valence-electron chi connectivity index (χ0n) is 16.4. The largest absolute Gasteiger partial charge is 0.455 e. The fraction of sp³-hybridized carbons (Fsp3) is 0.0833. The van der Waals surface area contributed by atoms with Crippen molar-refractivity contribution in [2.75, 3.05) is 5.32 Å². The molecule has 0 aliphatic rings. The highest BCUT2D eigenvalue weighted by Crippen LogP contribution is 2.32. The molecule has 30 heavy (non-hydrogen) atoms. The molecule has 4 aromatic rings. The Morgan fingerprint density at radius 2 is 1.83 bits per heavy atom. The number of imidazole rings is 1. The van der Waals surface area contributed by atoms with Gasteiger partial charge in [0.15, 0.2) is 5.75 Å². The summed E-state index contributed by atoms with van der Waals surface area (Å²) in [5.74, 6) is 1.91. The predicted molar refractivity (Wildman–Crippen MR) is 118 cm³/mol. The van der Waals surface area contributed by atoms with E-state index in [0.29, 0.717) is 34.3 Å². The second-order valence-corrected chi connectivity index (χ2v) is 7.25. The molecule has 1 aromatic heterocycles. The number of carbonyl (C=O) groups excluding carboxylic acids is 1. The number of rotatable bonds is 6. The highest BCUT2D eigenvalue weighted by Gasteiger charge is 2.12. The quantitative estimate of drug-likeness (QED) is 0.422. The number of halogens is 1. The van der Waals surface area contributed by atoms with Crippen LogP contribution in [-0.4, -0.2) is 15.5 Å².